The summed E-state index contributed by atoms with van der Waals surface area (Å²) in [5.41, 5.74) is 1.90. The summed E-state index contributed by atoms with van der Waals surface area (Å²) in [4.78, 5) is 10.4. The van der Waals surface area contributed by atoms with Gasteiger partial charge in [0.05, 0.1) is 4.92 Å². The molecule has 0 bridgehead atoms. The molecule has 0 heterocycles. The number of benzene rings is 1. The summed E-state index contributed by atoms with van der Waals surface area (Å²) < 4.78 is 0. The van der Waals surface area contributed by atoms with Gasteiger partial charge in [0, 0.05) is 36.4 Å². The highest BCUT2D eigenvalue weighted by atomic mass is 16.6. The molecule has 0 saturated heterocycles. The summed E-state index contributed by atoms with van der Waals surface area (Å²) in [7, 11) is 0. The lowest BCUT2D eigenvalue weighted by Crippen LogP contribution is -2.34. The number of nitro benzene ring substituents is 1. The summed E-state index contributed by atoms with van der Waals surface area (Å²) in [5, 5.41) is 23.6. The quantitative estimate of drug-likeness (QED) is 0.647. The molecular formula is C14H20N2O3. The van der Waals surface area contributed by atoms with E-state index >= 15 is 0 Å². The highest BCUT2D eigenvalue weighted by Crippen LogP contribution is 2.29. The Morgan fingerprint density at radius 3 is 2.84 bits per heavy atom. The first-order valence-electron chi connectivity index (χ1n) is 6.74. The van der Waals surface area contributed by atoms with Gasteiger partial charge in [-0.3, -0.25) is 10.1 Å². The van der Waals surface area contributed by atoms with Crippen LogP contribution >= 0.6 is 0 Å². The van der Waals surface area contributed by atoms with Crippen molar-refractivity contribution in [2.45, 2.75) is 38.6 Å². The number of anilines is 1. The molecule has 1 aromatic carbocycles. The SMILES string of the molecule is Cc1ccc([N+](=O)[O-])cc1NC1CCCCC1CO. The molecule has 1 aromatic rings. The molecule has 1 saturated carbocycles. The first-order valence-corrected chi connectivity index (χ1v) is 6.74. The third-order valence-corrected chi connectivity index (χ3v) is 3.92. The molecule has 1 aliphatic carbocycles. The van der Waals surface area contributed by atoms with E-state index in [4.69, 9.17) is 0 Å². The van der Waals surface area contributed by atoms with E-state index in [1.807, 2.05) is 6.92 Å². The predicted molar refractivity (Wildman–Crippen MR) is 74.3 cm³/mol. The van der Waals surface area contributed by atoms with E-state index in [2.05, 4.69) is 5.32 Å². The van der Waals surface area contributed by atoms with Gasteiger partial charge in [0.25, 0.3) is 5.69 Å². The molecular weight excluding hydrogens is 244 g/mol. The number of nitrogens with one attached hydrogen (secondary N) is 1. The van der Waals surface area contributed by atoms with Crippen molar-refractivity contribution >= 4 is 11.4 Å². The van der Waals surface area contributed by atoms with Crippen molar-refractivity contribution in [3.8, 4) is 0 Å². The van der Waals surface area contributed by atoms with Crippen LogP contribution in [0.2, 0.25) is 0 Å². The van der Waals surface area contributed by atoms with Crippen LogP contribution in [0.4, 0.5) is 11.4 Å². The van der Waals surface area contributed by atoms with Crippen molar-refractivity contribution in [3.63, 3.8) is 0 Å². The Kier molecular flexibility index (Phi) is 4.37. The van der Waals surface area contributed by atoms with Gasteiger partial charge in [0.2, 0.25) is 0 Å². The second kappa shape index (κ2) is 6.02. The third-order valence-electron chi connectivity index (χ3n) is 3.92. The maximum Gasteiger partial charge on any atom is 0.271 e. The Hall–Kier alpha value is -1.62. The molecule has 1 fully saturated rings. The number of aliphatic hydroxyl groups excluding tert-OH is 1. The molecule has 2 N–H and O–H groups in total. The summed E-state index contributed by atoms with van der Waals surface area (Å²) in [6.07, 6.45) is 4.31. The molecule has 0 amide bonds. The normalized spacial score (nSPS) is 23.1. The molecule has 5 nitrogen and oxygen atoms in total. The molecule has 2 atom stereocenters. The van der Waals surface area contributed by atoms with Crippen LogP contribution in [-0.4, -0.2) is 22.7 Å². The van der Waals surface area contributed by atoms with E-state index in [-0.39, 0.29) is 29.2 Å². The van der Waals surface area contributed by atoms with E-state index < -0.39 is 0 Å². The maximum atomic E-state index is 10.8. The van der Waals surface area contributed by atoms with Crippen molar-refractivity contribution in [3.05, 3.63) is 33.9 Å². The molecule has 0 aromatic heterocycles. The lowest BCUT2D eigenvalue weighted by atomic mass is 9.85. The molecule has 0 spiro atoms. The van der Waals surface area contributed by atoms with Crippen LogP contribution in [-0.2, 0) is 0 Å². The van der Waals surface area contributed by atoms with Gasteiger partial charge in [-0.05, 0) is 25.3 Å². The zero-order valence-corrected chi connectivity index (χ0v) is 11.1. The first kappa shape index (κ1) is 13.8. The van der Waals surface area contributed by atoms with E-state index in [9.17, 15) is 15.2 Å². The minimum atomic E-state index is -0.380. The maximum absolute atomic E-state index is 10.8. The molecule has 2 unspecified atom stereocenters. The summed E-state index contributed by atoms with van der Waals surface area (Å²) in [6, 6.07) is 5.07. The van der Waals surface area contributed by atoms with E-state index in [0.29, 0.717) is 0 Å². The van der Waals surface area contributed by atoms with Gasteiger partial charge in [0.1, 0.15) is 0 Å². The minimum Gasteiger partial charge on any atom is -0.396 e. The number of aliphatic hydroxyl groups is 1. The highest BCUT2D eigenvalue weighted by Gasteiger charge is 2.25. The van der Waals surface area contributed by atoms with Crippen LogP contribution in [0.25, 0.3) is 0 Å². The standard InChI is InChI=1S/C14H20N2O3/c1-10-6-7-12(16(18)19)8-14(10)15-13-5-3-2-4-11(13)9-17/h6-8,11,13,15,17H,2-5,9H2,1H3. The molecule has 104 valence electrons. The molecule has 0 aliphatic heterocycles. The van der Waals surface area contributed by atoms with Crippen molar-refractivity contribution in [1.29, 1.82) is 0 Å². The fourth-order valence-corrected chi connectivity index (χ4v) is 2.70. The number of hydrogen-bond acceptors (Lipinski definition) is 4. The smallest absolute Gasteiger partial charge is 0.271 e. The van der Waals surface area contributed by atoms with Gasteiger partial charge < -0.3 is 10.4 Å². The van der Waals surface area contributed by atoms with Crippen LogP contribution in [0.3, 0.4) is 0 Å². The average molecular weight is 264 g/mol. The van der Waals surface area contributed by atoms with Gasteiger partial charge in [-0.15, -0.1) is 0 Å². The van der Waals surface area contributed by atoms with Gasteiger partial charge >= 0.3 is 0 Å². The largest absolute Gasteiger partial charge is 0.396 e. The second-order valence-corrected chi connectivity index (χ2v) is 5.23. The Balaban J connectivity index is 2.17. The van der Waals surface area contributed by atoms with Crippen LogP contribution in [0, 0.1) is 23.0 Å². The van der Waals surface area contributed by atoms with E-state index in [1.54, 1.807) is 12.1 Å². The number of non-ortho nitro benzene ring substituents is 1. The minimum absolute atomic E-state index is 0.101. The molecule has 2 rings (SSSR count). The van der Waals surface area contributed by atoms with Crippen molar-refractivity contribution in [1.82, 2.24) is 0 Å². The van der Waals surface area contributed by atoms with Gasteiger partial charge in [-0.25, -0.2) is 0 Å². The van der Waals surface area contributed by atoms with Crippen molar-refractivity contribution in [2.75, 3.05) is 11.9 Å². The van der Waals surface area contributed by atoms with Crippen LogP contribution < -0.4 is 5.32 Å². The Labute approximate surface area is 112 Å². The second-order valence-electron chi connectivity index (χ2n) is 5.23. The van der Waals surface area contributed by atoms with Gasteiger partial charge in [0.15, 0.2) is 0 Å². The predicted octanol–water partition coefficient (Wildman–Crippen LogP) is 2.87. The van der Waals surface area contributed by atoms with Gasteiger partial charge in [-0.1, -0.05) is 18.9 Å². The fourth-order valence-electron chi connectivity index (χ4n) is 2.70. The summed E-state index contributed by atoms with van der Waals surface area (Å²) >= 11 is 0. The lowest BCUT2D eigenvalue weighted by molar-refractivity contribution is -0.384. The zero-order chi connectivity index (χ0) is 13.8. The number of rotatable bonds is 4. The molecule has 19 heavy (non-hydrogen) atoms. The first-order chi connectivity index (χ1) is 9.11. The van der Waals surface area contributed by atoms with E-state index in [0.717, 1.165) is 36.9 Å². The highest BCUT2D eigenvalue weighted by molar-refractivity contribution is 5.57. The van der Waals surface area contributed by atoms with E-state index in [1.165, 1.54) is 6.07 Å². The van der Waals surface area contributed by atoms with Crippen LogP contribution in [0.15, 0.2) is 18.2 Å². The average Bonchev–Trinajstić information content (AvgIpc) is 2.41. The fraction of sp³-hybridized carbons (Fsp3) is 0.571. The summed E-state index contributed by atoms with van der Waals surface area (Å²) in [6.45, 7) is 2.11. The molecule has 5 heteroatoms. The summed E-state index contributed by atoms with van der Waals surface area (Å²) in [5.74, 6) is 0.243. The van der Waals surface area contributed by atoms with Crippen molar-refractivity contribution < 1.29 is 10.0 Å². The topological polar surface area (TPSA) is 75.4 Å². The Morgan fingerprint density at radius 2 is 2.16 bits per heavy atom. The van der Waals surface area contributed by atoms with Crippen molar-refractivity contribution in [2.24, 2.45) is 5.92 Å². The number of nitrogens with zero attached hydrogens (tertiary/aromatic N) is 1. The van der Waals surface area contributed by atoms with Crippen LogP contribution in [0.1, 0.15) is 31.2 Å². The molecule has 0 radical (unpaired) electrons. The monoisotopic (exact) mass is 264 g/mol. The Morgan fingerprint density at radius 1 is 1.42 bits per heavy atom. The number of aryl methyl sites for hydroxylation is 1. The third kappa shape index (κ3) is 3.23. The number of nitro groups is 1. The number of hydrogen-bond donors (Lipinski definition) is 2. The zero-order valence-electron chi connectivity index (χ0n) is 11.1. The Bertz CT molecular complexity index is 462. The van der Waals surface area contributed by atoms with Gasteiger partial charge in [-0.2, -0.15) is 0 Å². The lowest BCUT2D eigenvalue weighted by Gasteiger charge is -2.32. The van der Waals surface area contributed by atoms with Crippen LogP contribution in [0.5, 0.6) is 0 Å². The molecule has 1 aliphatic rings.